The van der Waals surface area contributed by atoms with E-state index in [2.05, 4.69) is 14.6 Å². The summed E-state index contributed by atoms with van der Waals surface area (Å²) in [6.07, 6.45) is 1.59. The molecule has 0 amide bonds. The molecular formula is C17H19N3O2. The summed E-state index contributed by atoms with van der Waals surface area (Å²) in [4.78, 5) is 19.3. The standard InChI is InChI=1S/C17H19N3O2/c1-6-20(9-10-22-14(3)21)16-8-7-15(13(2)11-16)12-17(18-4)19-5/h7-8,11-12H,6,9-10H2,1-3H3. The van der Waals surface area contributed by atoms with E-state index in [0.29, 0.717) is 13.2 Å². The molecule has 0 aliphatic rings. The monoisotopic (exact) mass is 297 g/mol. The van der Waals surface area contributed by atoms with Crippen LogP contribution < -0.4 is 4.90 Å². The lowest BCUT2D eigenvalue weighted by Crippen LogP contribution is -2.27. The summed E-state index contributed by atoms with van der Waals surface area (Å²) in [5.41, 5.74) is 2.88. The van der Waals surface area contributed by atoms with Gasteiger partial charge in [-0.2, -0.15) is 9.69 Å². The molecule has 5 heteroatoms. The topological polar surface area (TPSA) is 38.3 Å². The van der Waals surface area contributed by atoms with E-state index in [1.165, 1.54) is 6.92 Å². The van der Waals surface area contributed by atoms with Crippen molar-refractivity contribution in [3.8, 4) is 0 Å². The zero-order valence-electron chi connectivity index (χ0n) is 13.1. The van der Waals surface area contributed by atoms with Crippen LogP contribution in [0.15, 0.2) is 24.0 Å². The molecule has 0 aromatic heterocycles. The van der Waals surface area contributed by atoms with Gasteiger partial charge in [-0.15, -0.1) is 0 Å². The molecule has 0 unspecified atom stereocenters. The first-order valence-corrected chi connectivity index (χ1v) is 6.97. The summed E-state index contributed by atoms with van der Waals surface area (Å²) >= 11 is 0. The minimum absolute atomic E-state index is 0.0538. The largest absolute Gasteiger partial charge is 0.519 e. The summed E-state index contributed by atoms with van der Waals surface area (Å²) in [5.74, 6) is -0.225. The zero-order chi connectivity index (χ0) is 16.5. The molecule has 1 aromatic rings. The fraction of sp³-hybridized carbons (Fsp3) is 0.353. The second-order valence-electron chi connectivity index (χ2n) is 4.69. The number of hydrogen-bond donors (Lipinski definition) is 0. The highest BCUT2D eigenvalue weighted by atomic mass is 16.5. The van der Waals surface area contributed by atoms with Gasteiger partial charge in [0, 0.05) is 25.2 Å². The van der Waals surface area contributed by atoms with E-state index >= 15 is 0 Å². The molecule has 0 atom stereocenters. The lowest BCUT2D eigenvalue weighted by molar-refractivity contribution is -0.140. The third-order valence-electron chi connectivity index (χ3n) is 3.18. The summed E-state index contributed by atoms with van der Waals surface area (Å²) in [7, 11) is 0. The van der Waals surface area contributed by atoms with Crippen LogP contribution in [0.2, 0.25) is 0 Å². The first-order chi connectivity index (χ1) is 10.5. The van der Waals surface area contributed by atoms with E-state index in [1.807, 2.05) is 32.0 Å². The van der Waals surface area contributed by atoms with Crippen molar-refractivity contribution in [3.63, 3.8) is 0 Å². The number of esters is 1. The number of rotatable bonds is 6. The van der Waals surface area contributed by atoms with Crippen molar-refractivity contribution in [2.24, 2.45) is 0 Å². The molecule has 22 heavy (non-hydrogen) atoms. The van der Waals surface area contributed by atoms with Gasteiger partial charge in [0.2, 0.25) is 0 Å². The molecule has 0 aliphatic carbocycles. The molecule has 114 valence electrons. The van der Waals surface area contributed by atoms with Crippen LogP contribution in [-0.2, 0) is 9.53 Å². The number of ether oxygens (including phenoxy) is 1. The Morgan fingerprint density at radius 3 is 2.55 bits per heavy atom. The van der Waals surface area contributed by atoms with Crippen molar-refractivity contribution in [2.75, 3.05) is 24.6 Å². The van der Waals surface area contributed by atoms with Crippen LogP contribution in [0.4, 0.5) is 5.69 Å². The van der Waals surface area contributed by atoms with E-state index in [4.69, 9.17) is 17.9 Å². The van der Waals surface area contributed by atoms with Crippen LogP contribution in [0.25, 0.3) is 15.8 Å². The number of anilines is 1. The molecule has 0 heterocycles. The summed E-state index contributed by atoms with van der Waals surface area (Å²) in [6.45, 7) is 21.0. The number of carbonyl (C=O) groups is 1. The van der Waals surface area contributed by atoms with E-state index in [1.54, 1.807) is 6.08 Å². The Balaban J connectivity index is 2.91. The smallest absolute Gasteiger partial charge is 0.464 e. The summed E-state index contributed by atoms with van der Waals surface area (Å²) in [6, 6.07) is 5.85. The van der Waals surface area contributed by atoms with Crippen molar-refractivity contribution in [2.45, 2.75) is 20.8 Å². The van der Waals surface area contributed by atoms with Gasteiger partial charge in [-0.3, -0.25) is 4.79 Å². The van der Waals surface area contributed by atoms with Gasteiger partial charge in [0.05, 0.1) is 6.54 Å². The highest BCUT2D eigenvalue weighted by Gasteiger charge is 2.09. The lowest BCUT2D eigenvalue weighted by atomic mass is 10.1. The van der Waals surface area contributed by atoms with Gasteiger partial charge < -0.3 is 9.64 Å². The average Bonchev–Trinajstić information content (AvgIpc) is 2.50. The predicted octanol–water partition coefficient (Wildman–Crippen LogP) is 3.52. The highest BCUT2D eigenvalue weighted by Crippen LogP contribution is 2.21. The van der Waals surface area contributed by atoms with Gasteiger partial charge in [-0.1, -0.05) is 6.07 Å². The molecule has 5 nitrogen and oxygen atoms in total. The van der Waals surface area contributed by atoms with Crippen molar-refractivity contribution in [1.82, 2.24) is 0 Å². The molecule has 0 aliphatic heterocycles. The molecule has 0 N–H and O–H groups in total. The van der Waals surface area contributed by atoms with Crippen molar-refractivity contribution in [3.05, 3.63) is 58.0 Å². The Bertz CT molecular complexity index is 635. The average molecular weight is 297 g/mol. The third kappa shape index (κ3) is 4.96. The Hall–Kier alpha value is -2.79. The molecule has 0 saturated carbocycles. The molecule has 0 spiro atoms. The Morgan fingerprint density at radius 2 is 2.05 bits per heavy atom. The van der Waals surface area contributed by atoms with E-state index in [0.717, 1.165) is 23.4 Å². The molecule has 0 fully saturated rings. The van der Waals surface area contributed by atoms with E-state index in [-0.39, 0.29) is 11.8 Å². The SMILES string of the molecule is [C-]#[N+]C(=Cc1ccc(N(CC)CCOC(C)=O)cc1C)[N+]#[C-]. The minimum atomic E-state index is -0.279. The number of likely N-dealkylation sites (N-methyl/N-ethyl adjacent to an activating group) is 1. The quantitative estimate of drug-likeness (QED) is 0.595. The number of hydrogen-bond acceptors (Lipinski definition) is 3. The minimum Gasteiger partial charge on any atom is -0.464 e. The molecule has 1 aromatic carbocycles. The molecule has 0 bridgehead atoms. The van der Waals surface area contributed by atoms with E-state index < -0.39 is 0 Å². The number of aryl methyl sites for hydroxylation is 1. The Labute approximate surface area is 131 Å². The third-order valence-corrected chi connectivity index (χ3v) is 3.18. The van der Waals surface area contributed by atoms with Gasteiger partial charge in [-0.05, 0) is 37.1 Å². The van der Waals surface area contributed by atoms with Crippen LogP contribution in [-0.4, -0.2) is 25.7 Å². The molecule has 1 rings (SSSR count). The maximum absolute atomic E-state index is 10.8. The number of nitrogens with zero attached hydrogens (tertiary/aromatic N) is 3. The van der Waals surface area contributed by atoms with Crippen LogP contribution in [0.5, 0.6) is 0 Å². The zero-order valence-corrected chi connectivity index (χ0v) is 13.1. The first kappa shape index (κ1) is 17.3. The fourth-order valence-electron chi connectivity index (χ4n) is 2.02. The van der Waals surface area contributed by atoms with Gasteiger partial charge in [0.1, 0.15) is 19.8 Å². The highest BCUT2D eigenvalue weighted by molar-refractivity contribution is 5.66. The Morgan fingerprint density at radius 1 is 1.36 bits per heavy atom. The van der Waals surface area contributed by atoms with Crippen molar-refractivity contribution < 1.29 is 9.53 Å². The number of carbonyl (C=O) groups excluding carboxylic acids is 1. The maximum Gasteiger partial charge on any atom is 0.519 e. The van der Waals surface area contributed by atoms with E-state index in [9.17, 15) is 4.79 Å². The van der Waals surface area contributed by atoms with Gasteiger partial charge >= 0.3 is 11.8 Å². The van der Waals surface area contributed by atoms with Crippen LogP contribution in [0, 0.1) is 20.1 Å². The first-order valence-electron chi connectivity index (χ1n) is 6.97. The molecular weight excluding hydrogens is 278 g/mol. The number of benzene rings is 1. The fourth-order valence-corrected chi connectivity index (χ4v) is 2.02. The van der Waals surface area contributed by atoms with Gasteiger partial charge in [0.15, 0.2) is 0 Å². The summed E-state index contributed by atoms with van der Waals surface area (Å²) in [5, 5.41) is 0. The van der Waals surface area contributed by atoms with Crippen LogP contribution in [0.3, 0.4) is 0 Å². The molecule has 0 radical (unpaired) electrons. The normalized spacial score (nSPS) is 9.32. The van der Waals surface area contributed by atoms with Crippen molar-refractivity contribution >= 4 is 17.7 Å². The van der Waals surface area contributed by atoms with Gasteiger partial charge in [0.25, 0.3) is 0 Å². The molecule has 0 saturated heterocycles. The predicted molar refractivity (Wildman–Crippen MR) is 86.9 cm³/mol. The summed E-state index contributed by atoms with van der Waals surface area (Å²) < 4.78 is 4.97. The van der Waals surface area contributed by atoms with Crippen LogP contribution >= 0.6 is 0 Å². The van der Waals surface area contributed by atoms with Crippen molar-refractivity contribution in [1.29, 1.82) is 0 Å². The van der Waals surface area contributed by atoms with Gasteiger partial charge in [-0.25, -0.2) is 0 Å². The Kier molecular flexibility index (Phi) is 6.66. The lowest BCUT2D eigenvalue weighted by Gasteiger charge is -2.23. The second kappa shape index (κ2) is 8.49. The second-order valence-corrected chi connectivity index (χ2v) is 4.69. The van der Waals surface area contributed by atoms with Crippen LogP contribution in [0.1, 0.15) is 25.0 Å². The maximum atomic E-state index is 10.8.